The van der Waals surface area contributed by atoms with E-state index in [2.05, 4.69) is 5.32 Å². The highest BCUT2D eigenvalue weighted by atomic mass is 35.5. The highest BCUT2D eigenvalue weighted by molar-refractivity contribution is 6.30. The van der Waals surface area contributed by atoms with E-state index >= 15 is 0 Å². The summed E-state index contributed by atoms with van der Waals surface area (Å²) in [5.41, 5.74) is 2.12. The van der Waals surface area contributed by atoms with E-state index in [1.54, 1.807) is 24.3 Å². The van der Waals surface area contributed by atoms with E-state index < -0.39 is 0 Å². The van der Waals surface area contributed by atoms with Crippen LogP contribution in [-0.4, -0.2) is 11.7 Å². The molecular formula is C21H18ClNO3. The van der Waals surface area contributed by atoms with E-state index in [0.717, 1.165) is 17.1 Å². The molecule has 0 spiro atoms. The maximum absolute atomic E-state index is 12.1. The summed E-state index contributed by atoms with van der Waals surface area (Å²) >= 11 is 5.89. The van der Waals surface area contributed by atoms with Crippen LogP contribution in [0.4, 0.5) is 5.69 Å². The van der Waals surface area contributed by atoms with E-state index in [1.807, 2.05) is 36.4 Å². The summed E-state index contributed by atoms with van der Waals surface area (Å²) < 4.78 is 5.79. The van der Waals surface area contributed by atoms with Crippen molar-refractivity contribution < 1.29 is 14.0 Å². The molecular weight excluding hydrogens is 350 g/mol. The molecule has 2 aromatic carbocycles. The molecule has 0 fully saturated rings. The van der Waals surface area contributed by atoms with Crippen molar-refractivity contribution in [2.45, 2.75) is 19.8 Å². The van der Waals surface area contributed by atoms with Gasteiger partial charge in [0.05, 0.1) is 0 Å². The fourth-order valence-corrected chi connectivity index (χ4v) is 2.68. The van der Waals surface area contributed by atoms with Crippen molar-refractivity contribution in [3.63, 3.8) is 0 Å². The van der Waals surface area contributed by atoms with Gasteiger partial charge in [-0.05, 0) is 55.5 Å². The third-order valence-electron chi connectivity index (χ3n) is 3.94. The standard InChI is InChI=1S/C21H18ClNO3/c1-14(24)16-3-2-4-18(13-16)23-21(25)12-10-19-9-11-20(26-19)15-5-7-17(22)8-6-15/h2-9,11,13H,10,12H2,1H3,(H,23,25). The fraction of sp³-hybridized carbons (Fsp3) is 0.143. The zero-order chi connectivity index (χ0) is 18.5. The van der Waals surface area contributed by atoms with E-state index in [1.165, 1.54) is 6.92 Å². The second-order valence-corrected chi connectivity index (χ2v) is 6.39. The first-order chi connectivity index (χ1) is 12.5. The van der Waals surface area contributed by atoms with Crippen LogP contribution in [0.1, 0.15) is 29.5 Å². The van der Waals surface area contributed by atoms with Crippen molar-refractivity contribution in [2.24, 2.45) is 0 Å². The Balaban J connectivity index is 1.57. The van der Waals surface area contributed by atoms with E-state index in [0.29, 0.717) is 22.7 Å². The van der Waals surface area contributed by atoms with Crippen molar-refractivity contribution in [2.75, 3.05) is 5.32 Å². The maximum Gasteiger partial charge on any atom is 0.224 e. The normalized spacial score (nSPS) is 10.5. The minimum atomic E-state index is -0.129. The topological polar surface area (TPSA) is 59.3 Å². The molecule has 0 aliphatic heterocycles. The molecule has 0 radical (unpaired) electrons. The van der Waals surface area contributed by atoms with Crippen LogP contribution >= 0.6 is 11.6 Å². The molecule has 0 atom stereocenters. The number of furan rings is 1. The van der Waals surface area contributed by atoms with Crippen molar-refractivity contribution in [3.8, 4) is 11.3 Å². The van der Waals surface area contributed by atoms with Crippen LogP contribution < -0.4 is 5.32 Å². The quantitative estimate of drug-likeness (QED) is 0.595. The van der Waals surface area contributed by atoms with Crippen molar-refractivity contribution in [1.29, 1.82) is 0 Å². The van der Waals surface area contributed by atoms with Gasteiger partial charge in [-0.25, -0.2) is 0 Å². The number of halogens is 1. The van der Waals surface area contributed by atoms with Crippen LogP contribution in [0.3, 0.4) is 0 Å². The molecule has 3 aromatic rings. The minimum Gasteiger partial charge on any atom is -0.461 e. The van der Waals surface area contributed by atoms with Gasteiger partial charge in [0.1, 0.15) is 11.5 Å². The Hall–Kier alpha value is -2.85. The van der Waals surface area contributed by atoms with Crippen molar-refractivity contribution >= 4 is 29.0 Å². The largest absolute Gasteiger partial charge is 0.461 e. The van der Waals surface area contributed by atoms with Crippen LogP contribution in [0, 0.1) is 0 Å². The van der Waals surface area contributed by atoms with Gasteiger partial charge < -0.3 is 9.73 Å². The molecule has 0 saturated heterocycles. The summed E-state index contributed by atoms with van der Waals surface area (Å²) in [5.74, 6) is 1.32. The first kappa shape index (κ1) is 18.0. The molecule has 3 rings (SSSR count). The number of nitrogens with one attached hydrogen (secondary N) is 1. The molecule has 132 valence electrons. The molecule has 1 N–H and O–H groups in total. The van der Waals surface area contributed by atoms with Gasteiger partial charge in [0, 0.05) is 34.7 Å². The molecule has 0 aliphatic rings. The lowest BCUT2D eigenvalue weighted by molar-refractivity contribution is -0.116. The number of ketones is 1. The number of rotatable bonds is 6. The molecule has 0 unspecified atom stereocenters. The summed E-state index contributed by atoms with van der Waals surface area (Å²) in [6, 6.07) is 18.0. The highest BCUT2D eigenvalue weighted by Crippen LogP contribution is 2.24. The Morgan fingerprint density at radius 3 is 2.54 bits per heavy atom. The Morgan fingerprint density at radius 2 is 1.81 bits per heavy atom. The second kappa shape index (κ2) is 8.02. The zero-order valence-corrected chi connectivity index (χ0v) is 15.0. The Bertz CT molecular complexity index is 928. The van der Waals surface area contributed by atoms with Crippen molar-refractivity contribution in [1.82, 2.24) is 0 Å². The van der Waals surface area contributed by atoms with E-state index in [-0.39, 0.29) is 18.1 Å². The molecule has 1 heterocycles. The first-order valence-electron chi connectivity index (χ1n) is 8.27. The minimum absolute atomic E-state index is 0.0357. The number of carbonyl (C=O) groups is 2. The van der Waals surface area contributed by atoms with Crippen LogP contribution in [0.5, 0.6) is 0 Å². The van der Waals surface area contributed by atoms with Gasteiger partial charge in [-0.15, -0.1) is 0 Å². The first-order valence-corrected chi connectivity index (χ1v) is 8.64. The molecule has 26 heavy (non-hydrogen) atoms. The third-order valence-corrected chi connectivity index (χ3v) is 4.19. The summed E-state index contributed by atoms with van der Waals surface area (Å²) in [7, 11) is 0. The number of anilines is 1. The van der Waals surface area contributed by atoms with Gasteiger partial charge in [0.25, 0.3) is 0 Å². The molecule has 1 amide bonds. The smallest absolute Gasteiger partial charge is 0.224 e. The van der Waals surface area contributed by atoms with Crippen LogP contribution in [0.2, 0.25) is 5.02 Å². The molecule has 4 nitrogen and oxygen atoms in total. The number of carbonyl (C=O) groups excluding carboxylic acids is 2. The van der Waals surface area contributed by atoms with E-state index in [9.17, 15) is 9.59 Å². The van der Waals surface area contributed by atoms with Gasteiger partial charge >= 0.3 is 0 Å². The highest BCUT2D eigenvalue weighted by Gasteiger charge is 2.09. The summed E-state index contributed by atoms with van der Waals surface area (Å²) in [5, 5.41) is 3.48. The van der Waals surface area contributed by atoms with Gasteiger partial charge in [-0.3, -0.25) is 9.59 Å². The van der Waals surface area contributed by atoms with Crippen molar-refractivity contribution in [3.05, 3.63) is 77.0 Å². The Labute approximate surface area is 156 Å². The third kappa shape index (κ3) is 4.61. The average molecular weight is 368 g/mol. The number of hydrogen-bond acceptors (Lipinski definition) is 3. The van der Waals surface area contributed by atoms with Gasteiger partial charge in [0.15, 0.2) is 5.78 Å². The summed E-state index contributed by atoms with van der Waals surface area (Å²) in [6.45, 7) is 1.50. The summed E-state index contributed by atoms with van der Waals surface area (Å²) in [6.07, 6.45) is 0.781. The van der Waals surface area contributed by atoms with Crippen LogP contribution in [0.15, 0.2) is 65.1 Å². The predicted octanol–water partition coefficient (Wildman–Crippen LogP) is 5.37. The van der Waals surface area contributed by atoms with E-state index in [4.69, 9.17) is 16.0 Å². The number of amides is 1. The molecule has 0 bridgehead atoms. The van der Waals surface area contributed by atoms with Crippen LogP contribution in [0.25, 0.3) is 11.3 Å². The Morgan fingerprint density at radius 1 is 1.04 bits per heavy atom. The Kier molecular flexibility index (Phi) is 5.54. The lowest BCUT2D eigenvalue weighted by Gasteiger charge is -2.06. The van der Waals surface area contributed by atoms with Gasteiger partial charge in [-0.1, -0.05) is 23.7 Å². The van der Waals surface area contributed by atoms with Gasteiger partial charge in [0.2, 0.25) is 5.91 Å². The second-order valence-electron chi connectivity index (χ2n) is 5.96. The number of hydrogen-bond donors (Lipinski definition) is 1. The monoisotopic (exact) mass is 367 g/mol. The molecule has 0 saturated carbocycles. The predicted molar refractivity (Wildman–Crippen MR) is 103 cm³/mol. The average Bonchev–Trinajstić information content (AvgIpc) is 3.10. The molecule has 1 aromatic heterocycles. The lowest BCUT2D eigenvalue weighted by Crippen LogP contribution is -2.12. The van der Waals surface area contributed by atoms with Gasteiger partial charge in [-0.2, -0.15) is 0 Å². The molecule has 0 aliphatic carbocycles. The SMILES string of the molecule is CC(=O)c1cccc(NC(=O)CCc2ccc(-c3ccc(Cl)cc3)o2)c1. The van der Waals surface area contributed by atoms with Crippen LogP contribution in [-0.2, 0) is 11.2 Å². The summed E-state index contributed by atoms with van der Waals surface area (Å²) in [4.78, 5) is 23.5. The number of benzene rings is 2. The zero-order valence-electron chi connectivity index (χ0n) is 14.3. The fourth-order valence-electron chi connectivity index (χ4n) is 2.56. The molecule has 5 heteroatoms. The number of Topliss-reactive ketones (excluding diaryl/α,β-unsaturated/α-hetero) is 1. The number of aryl methyl sites for hydroxylation is 1. The maximum atomic E-state index is 12.1. The lowest BCUT2D eigenvalue weighted by atomic mass is 10.1.